The molecule has 2 atom stereocenters. The minimum atomic E-state index is -3.59. The number of piperidine rings is 2. The highest BCUT2D eigenvalue weighted by Gasteiger charge is 2.34. The van der Waals surface area contributed by atoms with Gasteiger partial charge in [0.25, 0.3) is 10.2 Å². The Labute approximate surface area is 126 Å². The van der Waals surface area contributed by atoms with Gasteiger partial charge in [-0.3, -0.25) is 4.79 Å². The summed E-state index contributed by atoms with van der Waals surface area (Å²) in [4.78, 5) is 13.3. The topological polar surface area (TPSA) is 90.0 Å². The number of hydrogen-bond donors (Lipinski definition) is 2. The molecule has 21 heavy (non-hydrogen) atoms. The molecule has 7 nitrogen and oxygen atoms in total. The van der Waals surface area contributed by atoms with Crippen LogP contribution >= 0.6 is 0 Å². The van der Waals surface area contributed by atoms with Gasteiger partial charge in [-0.2, -0.15) is 17.4 Å². The maximum atomic E-state index is 12.4. The van der Waals surface area contributed by atoms with Crippen molar-refractivity contribution in [2.45, 2.75) is 38.6 Å². The maximum absolute atomic E-state index is 12.4. The number of likely N-dealkylation sites (N-methyl/N-ethyl adjacent to an activating group) is 1. The van der Waals surface area contributed by atoms with Crippen LogP contribution in [0, 0.1) is 5.92 Å². The monoisotopic (exact) mass is 319 g/mol. The maximum Gasteiger partial charge on any atom is 0.307 e. The van der Waals surface area contributed by atoms with Crippen molar-refractivity contribution in [3.63, 3.8) is 0 Å². The average molecular weight is 319 g/mol. The second-order valence-corrected chi connectivity index (χ2v) is 7.59. The molecule has 2 saturated heterocycles. The van der Waals surface area contributed by atoms with Gasteiger partial charge in [-0.15, -0.1) is 0 Å². The zero-order valence-electron chi connectivity index (χ0n) is 12.5. The Kier molecular flexibility index (Phi) is 5.59. The molecule has 2 aliphatic heterocycles. The van der Waals surface area contributed by atoms with E-state index in [9.17, 15) is 13.2 Å². The first-order valence-electron chi connectivity index (χ1n) is 7.65. The van der Waals surface area contributed by atoms with Crippen molar-refractivity contribution in [2.75, 3.05) is 32.7 Å². The molecule has 2 rings (SSSR count). The molecular formula is C13H25N3O4S. The normalized spacial score (nSPS) is 29.4. The number of nitrogens with zero attached hydrogens (tertiary/aromatic N) is 2. The van der Waals surface area contributed by atoms with Crippen LogP contribution in [0.4, 0.5) is 0 Å². The van der Waals surface area contributed by atoms with Crippen LogP contribution in [-0.4, -0.2) is 67.5 Å². The number of hydrogen-bond acceptors (Lipinski definition) is 4. The zero-order valence-corrected chi connectivity index (χ0v) is 13.3. The molecule has 2 heterocycles. The fourth-order valence-corrected chi connectivity index (χ4v) is 4.59. The van der Waals surface area contributed by atoms with E-state index < -0.39 is 22.1 Å². The quantitative estimate of drug-likeness (QED) is 0.750. The van der Waals surface area contributed by atoms with E-state index in [1.807, 2.05) is 0 Å². The minimum Gasteiger partial charge on any atom is -0.481 e. The third kappa shape index (κ3) is 4.38. The smallest absolute Gasteiger partial charge is 0.307 e. The van der Waals surface area contributed by atoms with Crippen LogP contribution in [0.5, 0.6) is 0 Å². The van der Waals surface area contributed by atoms with Gasteiger partial charge in [-0.1, -0.05) is 6.92 Å². The minimum absolute atomic E-state index is 0.0751. The Morgan fingerprint density at radius 2 is 1.95 bits per heavy atom. The molecule has 0 aromatic carbocycles. The van der Waals surface area contributed by atoms with Gasteiger partial charge in [-0.25, -0.2) is 0 Å². The van der Waals surface area contributed by atoms with Crippen LogP contribution in [0.1, 0.15) is 32.6 Å². The molecule has 0 aliphatic carbocycles. The van der Waals surface area contributed by atoms with Gasteiger partial charge in [0.2, 0.25) is 0 Å². The molecule has 0 radical (unpaired) electrons. The van der Waals surface area contributed by atoms with E-state index in [0.717, 1.165) is 32.5 Å². The van der Waals surface area contributed by atoms with Crippen LogP contribution in [0.2, 0.25) is 0 Å². The molecule has 2 fully saturated rings. The Balaban J connectivity index is 1.96. The first kappa shape index (κ1) is 16.7. The van der Waals surface area contributed by atoms with Crippen LogP contribution in [-0.2, 0) is 15.0 Å². The molecule has 0 saturated carbocycles. The van der Waals surface area contributed by atoms with Gasteiger partial charge in [0.15, 0.2) is 0 Å². The van der Waals surface area contributed by atoms with Crippen molar-refractivity contribution in [3.8, 4) is 0 Å². The van der Waals surface area contributed by atoms with Gasteiger partial charge < -0.3 is 10.0 Å². The number of nitrogens with one attached hydrogen (secondary N) is 1. The molecule has 2 aliphatic rings. The number of carbonyl (C=O) groups is 1. The summed E-state index contributed by atoms with van der Waals surface area (Å²) in [7, 11) is -3.59. The van der Waals surface area contributed by atoms with Crippen LogP contribution in [0.15, 0.2) is 0 Å². The molecule has 0 spiro atoms. The summed E-state index contributed by atoms with van der Waals surface area (Å²) in [5.41, 5.74) is 0. The Morgan fingerprint density at radius 1 is 1.24 bits per heavy atom. The Bertz CT molecular complexity index is 468. The Morgan fingerprint density at radius 3 is 2.62 bits per heavy atom. The molecule has 0 aromatic heterocycles. The van der Waals surface area contributed by atoms with E-state index in [1.165, 1.54) is 4.31 Å². The standard InChI is InChI=1S/C13H25N3O4S/c1-2-15-7-4-6-12(10-15)14-21(19,20)16-8-3-5-11(9-16)13(17)18/h11-12,14H,2-10H2,1H3,(H,17,18). The highest BCUT2D eigenvalue weighted by atomic mass is 32.2. The summed E-state index contributed by atoms with van der Waals surface area (Å²) in [6.45, 7) is 5.21. The number of carboxylic acids is 1. The highest BCUT2D eigenvalue weighted by molar-refractivity contribution is 7.87. The molecule has 2 N–H and O–H groups in total. The van der Waals surface area contributed by atoms with E-state index in [-0.39, 0.29) is 12.6 Å². The lowest BCUT2D eigenvalue weighted by molar-refractivity contribution is -0.142. The van der Waals surface area contributed by atoms with E-state index in [1.54, 1.807) is 0 Å². The fourth-order valence-electron chi connectivity index (χ4n) is 3.09. The second-order valence-electron chi connectivity index (χ2n) is 5.89. The van der Waals surface area contributed by atoms with E-state index in [0.29, 0.717) is 19.4 Å². The fraction of sp³-hybridized carbons (Fsp3) is 0.923. The van der Waals surface area contributed by atoms with Crippen molar-refractivity contribution in [1.29, 1.82) is 0 Å². The molecule has 122 valence electrons. The highest BCUT2D eigenvalue weighted by Crippen LogP contribution is 2.20. The van der Waals surface area contributed by atoms with Crippen molar-refractivity contribution in [1.82, 2.24) is 13.9 Å². The number of aliphatic carboxylic acids is 1. The number of rotatable bonds is 5. The van der Waals surface area contributed by atoms with Crippen LogP contribution in [0.25, 0.3) is 0 Å². The predicted molar refractivity (Wildman–Crippen MR) is 79.1 cm³/mol. The summed E-state index contributed by atoms with van der Waals surface area (Å²) >= 11 is 0. The van der Waals surface area contributed by atoms with Crippen molar-refractivity contribution < 1.29 is 18.3 Å². The second kappa shape index (κ2) is 7.04. The molecule has 0 aromatic rings. The first-order chi connectivity index (χ1) is 9.92. The Hall–Kier alpha value is -0.700. The van der Waals surface area contributed by atoms with Crippen LogP contribution < -0.4 is 4.72 Å². The largest absolute Gasteiger partial charge is 0.481 e. The van der Waals surface area contributed by atoms with E-state index in [4.69, 9.17) is 5.11 Å². The summed E-state index contributed by atoms with van der Waals surface area (Å²) in [6.07, 6.45) is 2.97. The van der Waals surface area contributed by atoms with Gasteiger partial charge in [-0.05, 0) is 38.8 Å². The third-order valence-corrected chi connectivity index (χ3v) is 5.98. The number of likely N-dealkylation sites (tertiary alicyclic amines) is 1. The molecule has 2 unspecified atom stereocenters. The first-order valence-corrected chi connectivity index (χ1v) is 9.09. The summed E-state index contributed by atoms with van der Waals surface area (Å²) in [5.74, 6) is -1.50. The average Bonchev–Trinajstić information content (AvgIpc) is 2.47. The van der Waals surface area contributed by atoms with Crippen molar-refractivity contribution in [2.24, 2.45) is 5.92 Å². The van der Waals surface area contributed by atoms with Gasteiger partial charge >= 0.3 is 5.97 Å². The van der Waals surface area contributed by atoms with Crippen LogP contribution in [0.3, 0.4) is 0 Å². The van der Waals surface area contributed by atoms with E-state index >= 15 is 0 Å². The third-order valence-electron chi connectivity index (χ3n) is 4.34. The molecule has 0 bridgehead atoms. The van der Waals surface area contributed by atoms with Crippen molar-refractivity contribution in [3.05, 3.63) is 0 Å². The van der Waals surface area contributed by atoms with Gasteiger partial charge in [0.1, 0.15) is 0 Å². The SMILES string of the molecule is CCN1CCCC(NS(=O)(=O)N2CCCC(C(=O)O)C2)C1. The lowest BCUT2D eigenvalue weighted by Gasteiger charge is -2.35. The lowest BCUT2D eigenvalue weighted by atomic mass is 10.0. The molecular weight excluding hydrogens is 294 g/mol. The van der Waals surface area contributed by atoms with Crippen molar-refractivity contribution >= 4 is 16.2 Å². The lowest BCUT2D eigenvalue weighted by Crippen LogP contribution is -2.53. The summed E-state index contributed by atoms with van der Waals surface area (Å²) in [6, 6.07) is -0.0751. The predicted octanol–water partition coefficient (Wildman–Crippen LogP) is 0.102. The summed E-state index contributed by atoms with van der Waals surface area (Å²) < 4.78 is 28.9. The number of carboxylic acid groups (broad SMARTS) is 1. The molecule has 8 heteroatoms. The van der Waals surface area contributed by atoms with Gasteiger partial charge in [0.05, 0.1) is 5.92 Å². The molecule has 0 amide bonds. The van der Waals surface area contributed by atoms with E-state index in [2.05, 4.69) is 16.5 Å². The van der Waals surface area contributed by atoms with Gasteiger partial charge in [0, 0.05) is 25.7 Å². The zero-order chi connectivity index (χ0) is 15.5. The summed E-state index contributed by atoms with van der Waals surface area (Å²) in [5, 5.41) is 9.06.